The summed E-state index contributed by atoms with van der Waals surface area (Å²) in [5.41, 5.74) is 0. The van der Waals surface area contributed by atoms with Gasteiger partial charge in [0.1, 0.15) is 0 Å². The Labute approximate surface area is 68.9 Å². The van der Waals surface area contributed by atoms with Crippen LogP contribution in [0.2, 0.25) is 5.82 Å². The van der Waals surface area contributed by atoms with Crippen molar-refractivity contribution in [3.05, 3.63) is 0 Å². The fourth-order valence-electron chi connectivity index (χ4n) is 1.08. The van der Waals surface area contributed by atoms with Crippen molar-refractivity contribution >= 4 is 25.1 Å². The normalized spacial score (nSPS) is 28.4. The summed E-state index contributed by atoms with van der Waals surface area (Å²) < 4.78 is 4.25. The molecule has 5 nitrogen and oxygen atoms in total. The van der Waals surface area contributed by atoms with E-state index in [0.717, 1.165) is 0 Å². The van der Waals surface area contributed by atoms with Gasteiger partial charge in [-0.3, -0.25) is 14.4 Å². The Kier molecular flexibility index (Phi) is 2.17. The predicted octanol–water partition coefficient (Wildman–Crippen LogP) is -0.391. The van der Waals surface area contributed by atoms with Crippen molar-refractivity contribution in [2.75, 3.05) is 0 Å². The first-order valence-electron chi connectivity index (χ1n) is 3.49. The molecular weight excluding hydrogens is 163 g/mol. The van der Waals surface area contributed by atoms with E-state index in [1.165, 1.54) is 6.92 Å². The number of carbonyl (C=O) groups is 3. The number of hydrogen-bond acceptors (Lipinski definition) is 4. The largest absolute Gasteiger partial charge is 0.489 e. The standard InChI is InChI=1S/C6H7BO5/c1-2-3(7-6(10)11)5(9)12-4(2)8/h2-3,7H,1H3,(H,10,11). The Morgan fingerprint density at radius 3 is 2.42 bits per heavy atom. The number of carboxylic acid groups (broad SMARTS) is 1. The van der Waals surface area contributed by atoms with E-state index in [-0.39, 0.29) is 7.28 Å². The minimum Gasteiger partial charge on any atom is -0.489 e. The van der Waals surface area contributed by atoms with E-state index in [0.29, 0.717) is 0 Å². The summed E-state index contributed by atoms with van der Waals surface area (Å²) in [5, 5.41) is 8.38. The van der Waals surface area contributed by atoms with Crippen molar-refractivity contribution in [3.8, 4) is 0 Å². The Morgan fingerprint density at radius 1 is 1.50 bits per heavy atom. The second kappa shape index (κ2) is 2.96. The third-order valence-electron chi connectivity index (χ3n) is 1.87. The van der Waals surface area contributed by atoms with Gasteiger partial charge in [-0.25, -0.2) is 0 Å². The summed E-state index contributed by atoms with van der Waals surface area (Å²) in [4.78, 5) is 31.8. The Bertz CT molecular complexity index is 248. The Balaban J connectivity index is 2.70. The minimum atomic E-state index is -1.10. The van der Waals surface area contributed by atoms with Gasteiger partial charge in [0.05, 0.1) is 11.7 Å². The summed E-state index contributed by atoms with van der Waals surface area (Å²) in [7, 11) is -0.342. The number of esters is 2. The summed E-state index contributed by atoms with van der Waals surface area (Å²) in [5.74, 6) is -3.90. The number of rotatable bonds is 2. The van der Waals surface area contributed by atoms with Crippen LogP contribution in [-0.4, -0.2) is 30.2 Å². The third-order valence-corrected chi connectivity index (χ3v) is 1.87. The van der Waals surface area contributed by atoms with Crippen LogP contribution in [0, 0.1) is 5.92 Å². The van der Waals surface area contributed by atoms with E-state index in [4.69, 9.17) is 5.11 Å². The third kappa shape index (κ3) is 1.47. The fourth-order valence-corrected chi connectivity index (χ4v) is 1.08. The molecule has 2 atom stereocenters. The molecule has 1 aliphatic heterocycles. The van der Waals surface area contributed by atoms with Crippen molar-refractivity contribution in [2.24, 2.45) is 5.92 Å². The lowest BCUT2D eigenvalue weighted by Crippen LogP contribution is -2.21. The van der Waals surface area contributed by atoms with Crippen LogP contribution in [0.3, 0.4) is 0 Å². The van der Waals surface area contributed by atoms with Gasteiger partial charge >= 0.3 is 11.9 Å². The molecule has 0 aromatic heterocycles. The zero-order valence-corrected chi connectivity index (χ0v) is 6.44. The molecule has 1 heterocycles. The molecule has 0 aromatic rings. The van der Waals surface area contributed by atoms with Crippen molar-refractivity contribution in [3.63, 3.8) is 0 Å². The van der Waals surface area contributed by atoms with E-state index in [1.54, 1.807) is 0 Å². The number of cyclic esters (lactones) is 2. The van der Waals surface area contributed by atoms with Crippen molar-refractivity contribution in [2.45, 2.75) is 12.7 Å². The van der Waals surface area contributed by atoms with E-state index in [2.05, 4.69) is 4.74 Å². The second-order valence-corrected chi connectivity index (χ2v) is 2.73. The van der Waals surface area contributed by atoms with Crippen molar-refractivity contribution in [1.82, 2.24) is 0 Å². The number of hydrogen-bond donors (Lipinski definition) is 1. The number of carbonyl (C=O) groups excluding carboxylic acids is 2. The monoisotopic (exact) mass is 170 g/mol. The average Bonchev–Trinajstić information content (AvgIpc) is 2.16. The summed E-state index contributed by atoms with van der Waals surface area (Å²) in [6.45, 7) is 1.49. The lowest BCUT2D eigenvalue weighted by atomic mass is 9.60. The highest BCUT2D eigenvalue weighted by molar-refractivity contribution is 6.75. The maximum absolute atomic E-state index is 10.8. The topological polar surface area (TPSA) is 80.7 Å². The lowest BCUT2D eigenvalue weighted by molar-refractivity contribution is -0.152. The molecule has 0 bridgehead atoms. The van der Waals surface area contributed by atoms with Crippen molar-refractivity contribution < 1.29 is 24.2 Å². The quantitative estimate of drug-likeness (QED) is 0.346. The molecule has 2 unspecified atom stereocenters. The highest BCUT2D eigenvalue weighted by Crippen LogP contribution is 2.27. The summed E-state index contributed by atoms with van der Waals surface area (Å²) in [6, 6.07) is 0. The molecule has 0 spiro atoms. The fraction of sp³-hybridized carbons (Fsp3) is 0.500. The second-order valence-electron chi connectivity index (χ2n) is 2.73. The molecule has 0 aliphatic carbocycles. The number of ether oxygens (including phenoxy) is 1. The SMILES string of the molecule is CC1C(=O)OC(=O)C1BC(=O)O. The van der Waals surface area contributed by atoms with Crippen LogP contribution in [0.4, 0.5) is 4.79 Å². The molecule has 0 radical (unpaired) electrons. The van der Waals surface area contributed by atoms with Crippen molar-refractivity contribution in [1.29, 1.82) is 0 Å². The average molecular weight is 170 g/mol. The smallest absolute Gasteiger partial charge is 0.316 e. The van der Waals surface area contributed by atoms with Crippen LogP contribution >= 0.6 is 0 Å². The first kappa shape index (κ1) is 8.77. The van der Waals surface area contributed by atoms with Gasteiger partial charge < -0.3 is 9.84 Å². The zero-order chi connectivity index (χ0) is 9.30. The zero-order valence-electron chi connectivity index (χ0n) is 6.44. The molecule has 1 aliphatic rings. The van der Waals surface area contributed by atoms with Crippen LogP contribution in [0.1, 0.15) is 6.92 Å². The molecule has 64 valence electrons. The molecular formula is C6H7BO5. The Hall–Kier alpha value is -1.33. The first-order chi connectivity index (χ1) is 5.52. The first-order valence-corrected chi connectivity index (χ1v) is 3.49. The predicted molar refractivity (Wildman–Crippen MR) is 39.2 cm³/mol. The Morgan fingerprint density at radius 2 is 2.08 bits per heavy atom. The minimum absolute atomic E-state index is 0.342. The van der Waals surface area contributed by atoms with E-state index >= 15 is 0 Å². The van der Waals surface area contributed by atoms with E-state index < -0.39 is 29.5 Å². The van der Waals surface area contributed by atoms with Gasteiger partial charge in [0, 0.05) is 0 Å². The molecule has 1 N–H and O–H groups in total. The highest BCUT2D eigenvalue weighted by atomic mass is 16.6. The molecule has 1 fully saturated rings. The van der Waals surface area contributed by atoms with Gasteiger partial charge in [-0.2, -0.15) is 0 Å². The maximum atomic E-state index is 10.8. The molecule has 0 amide bonds. The summed E-state index contributed by atoms with van der Waals surface area (Å²) in [6.07, 6.45) is 0. The van der Waals surface area contributed by atoms with Gasteiger partial charge in [-0.15, -0.1) is 0 Å². The van der Waals surface area contributed by atoms with Crippen LogP contribution < -0.4 is 0 Å². The molecule has 1 rings (SSSR count). The van der Waals surface area contributed by atoms with Gasteiger partial charge in [0.25, 0.3) is 7.28 Å². The van der Waals surface area contributed by atoms with Gasteiger partial charge in [-0.05, 0) is 0 Å². The molecule has 0 saturated carbocycles. The van der Waals surface area contributed by atoms with Crippen LogP contribution in [0.5, 0.6) is 0 Å². The van der Waals surface area contributed by atoms with Gasteiger partial charge in [0.15, 0.2) is 0 Å². The lowest BCUT2D eigenvalue weighted by Gasteiger charge is -2.01. The van der Waals surface area contributed by atoms with Crippen LogP contribution in [0.25, 0.3) is 0 Å². The van der Waals surface area contributed by atoms with Gasteiger partial charge in [0.2, 0.25) is 5.87 Å². The molecule has 1 saturated heterocycles. The van der Waals surface area contributed by atoms with E-state index in [9.17, 15) is 14.4 Å². The maximum Gasteiger partial charge on any atom is 0.316 e. The van der Waals surface area contributed by atoms with Crippen LogP contribution in [-0.2, 0) is 14.3 Å². The molecule has 0 aromatic carbocycles. The van der Waals surface area contributed by atoms with E-state index in [1.807, 2.05) is 0 Å². The van der Waals surface area contributed by atoms with Gasteiger partial charge in [-0.1, -0.05) is 6.92 Å². The van der Waals surface area contributed by atoms with Crippen LogP contribution in [0.15, 0.2) is 0 Å². The molecule has 12 heavy (non-hydrogen) atoms. The summed E-state index contributed by atoms with van der Waals surface area (Å²) >= 11 is 0. The highest BCUT2D eigenvalue weighted by Gasteiger charge is 2.43. The molecule has 6 heteroatoms.